The molecule has 0 saturated heterocycles. The van der Waals surface area contributed by atoms with E-state index < -0.39 is 0 Å². The van der Waals surface area contributed by atoms with Gasteiger partial charge in [-0.2, -0.15) is 0 Å². The van der Waals surface area contributed by atoms with Gasteiger partial charge in [0.2, 0.25) is 5.91 Å². The van der Waals surface area contributed by atoms with Crippen molar-refractivity contribution in [1.29, 1.82) is 0 Å². The molecule has 2 aromatic carbocycles. The van der Waals surface area contributed by atoms with E-state index in [9.17, 15) is 9.59 Å². The van der Waals surface area contributed by atoms with Gasteiger partial charge in [0.1, 0.15) is 0 Å². The van der Waals surface area contributed by atoms with Gasteiger partial charge in [0.05, 0.1) is 13.0 Å². The molecular weight excluding hydrogens is 316 g/mol. The number of rotatable bonds is 6. The zero-order valence-electron chi connectivity index (χ0n) is 13.8. The van der Waals surface area contributed by atoms with Crippen molar-refractivity contribution < 1.29 is 9.90 Å². The summed E-state index contributed by atoms with van der Waals surface area (Å²) in [5.74, 6) is -0.173. The molecule has 3 aromatic rings. The number of amides is 1. The molecular formula is C20H20N2O3. The summed E-state index contributed by atoms with van der Waals surface area (Å²) in [5, 5.41) is 12.8. The van der Waals surface area contributed by atoms with Crippen molar-refractivity contribution >= 4 is 16.8 Å². The minimum absolute atomic E-state index is 0.0251. The Hall–Kier alpha value is -2.92. The zero-order valence-corrected chi connectivity index (χ0v) is 13.8. The second-order valence-electron chi connectivity index (χ2n) is 5.96. The van der Waals surface area contributed by atoms with Crippen LogP contribution >= 0.6 is 0 Å². The fourth-order valence-electron chi connectivity index (χ4n) is 2.72. The number of nitrogens with one attached hydrogen (secondary N) is 2. The zero-order chi connectivity index (χ0) is 17.6. The van der Waals surface area contributed by atoms with E-state index in [2.05, 4.69) is 10.3 Å². The molecule has 0 fully saturated rings. The van der Waals surface area contributed by atoms with E-state index in [0.29, 0.717) is 18.5 Å². The lowest BCUT2D eigenvalue weighted by atomic mass is 10.1. The molecule has 0 saturated carbocycles. The Morgan fingerprint density at radius 3 is 2.52 bits per heavy atom. The van der Waals surface area contributed by atoms with Crippen LogP contribution in [-0.2, 0) is 24.2 Å². The molecule has 0 aliphatic heterocycles. The first-order valence-corrected chi connectivity index (χ1v) is 8.22. The molecule has 0 bridgehead atoms. The highest BCUT2D eigenvalue weighted by molar-refractivity contribution is 5.82. The minimum atomic E-state index is -0.228. The number of hydrogen-bond donors (Lipinski definition) is 3. The Kier molecular flexibility index (Phi) is 5.26. The topological polar surface area (TPSA) is 82.2 Å². The van der Waals surface area contributed by atoms with Crippen molar-refractivity contribution in [1.82, 2.24) is 10.3 Å². The SMILES string of the molecule is O=C(Cc1cc2ccccc2[nH]c1=O)NCCc1ccc(CO)cc1. The van der Waals surface area contributed by atoms with Crippen LogP contribution < -0.4 is 10.9 Å². The third kappa shape index (κ3) is 4.33. The highest BCUT2D eigenvalue weighted by Crippen LogP contribution is 2.10. The number of carbonyl (C=O) groups is 1. The van der Waals surface area contributed by atoms with E-state index >= 15 is 0 Å². The molecule has 0 aliphatic rings. The molecule has 5 nitrogen and oxygen atoms in total. The molecule has 3 N–H and O–H groups in total. The van der Waals surface area contributed by atoms with Gasteiger partial charge in [-0.3, -0.25) is 9.59 Å². The van der Waals surface area contributed by atoms with Gasteiger partial charge in [-0.05, 0) is 35.1 Å². The first-order valence-electron chi connectivity index (χ1n) is 8.22. The van der Waals surface area contributed by atoms with E-state index in [1.165, 1.54) is 0 Å². The maximum atomic E-state index is 12.1. The average Bonchev–Trinajstić information content (AvgIpc) is 2.63. The smallest absolute Gasteiger partial charge is 0.252 e. The number of benzene rings is 2. The lowest BCUT2D eigenvalue weighted by molar-refractivity contribution is -0.120. The summed E-state index contributed by atoms with van der Waals surface area (Å²) >= 11 is 0. The Morgan fingerprint density at radius 1 is 1.04 bits per heavy atom. The van der Waals surface area contributed by atoms with Crippen LogP contribution in [0.15, 0.2) is 59.4 Å². The van der Waals surface area contributed by atoms with E-state index in [1.54, 1.807) is 6.07 Å². The molecule has 128 valence electrons. The maximum absolute atomic E-state index is 12.1. The summed E-state index contributed by atoms with van der Waals surface area (Å²) < 4.78 is 0. The lowest BCUT2D eigenvalue weighted by Gasteiger charge is -2.07. The molecule has 1 heterocycles. The monoisotopic (exact) mass is 336 g/mol. The number of aliphatic hydroxyl groups excluding tert-OH is 1. The van der Waals surface area contributed by atoms with Gasteiger partial charge in [-0.25, -0.2) is 0 Å². The van der Waals surface area contributed by atoms with Crippen molar-refractivity contribution in [3.05, 3.63) is 81.6 Å². The van der Waals surface area contributed by atoms with Gasteiger partial charge in [0.25, 0.3) is 5.56 Å². The summed E-state index contributed by atoms with van der Waals surface area (Å²) in [6.07, 6.45) is 0.759. The maximum Gasteiger partial charge on any atom is 0.252 e. The highest BCUT2D eigenvalue weighted by atomic mass is 16.3. The van der Waals surface area contributed by atoms with Gasteiger partial charge in [0.15, 0.2) is 0 Å². The third-order valence-electron chi connectivity index (χ3n) is 4.12. The predicted octanol–water partition coefficient (Wildman–Crippen LogP) is 1.92. The molecule has 0 unspecified atom stereocenters. The normalized spacial score (nSPS) is 10.8. The van der Waals surface area contributed by atoms with E-state index in [-0.39, 0.29) is 24.5 Å². The summed E-state index contributed by atoms with van der Waals surface area (Å²) in [6, 6.07) is 16.9. The third-order valence-corrected chi connectivity index (χ3v) is 4.12. The molecule has 1 aromatic heterocycles. The predicted molar refractivity (Wildman–Crippen MR) is 97.4 cm³/mol. The lowest BCUT2D eigenvalue weighted by Crippen LogP contribution is -2.29. The van der Waals surface area contributed by atoms with Crippen LogP contribution in [0.25, 0.3) is 10.9 Å². The molecule has 0 atom stereocenters. The van der Waals surface area contributed by atoms with Gasteiger partial charge in [-0.15, -0.1) is 0 Å². The molecule has 25 heavy (non-hydrogen) atoms. The molecule has 0 aliphatic carbocycles. The fourth-order valence-corrected chi connectivity index (χ4v) is 2.72. The second kappa shape index (κ2) is 7.77. The summed E-state index contributed by atoms with van der Waals surface area (Å²) in [5.41, 5.74) is 2.95. The number of aliphatic hydroxyl groups is 1. The first kappa shape index (κ1) is 16.9. The summed E-state index contributed by atoms with van der Waals surface area (Å²) in [6.45, 7) is 0.528. The number of carbonyl (C=O) groups excluding carboxylic acids is 1. The van der Waals surface area contributed by atoms with Gasteiger partial charge >= 0.3 is 0 Å². The first-order chi connectivity index (χ1) is 12.2. The molecule has 1 amide bonds. The number of para-hydroxylation sites is 1. The van der Waals surface area contributed by atoms with Crippen molar-refractivity contribution in [3.8, 4) is 0 Å². The van der Waals surface area contributed by atoms with Crippen LogP contribution in [0.5, 0.6) is 0 Å². The van der Waals surface area contributed by atoms with Crippen LogP contribution in [0.1, 0.15) is 16.7 Å². The average molecular weight is 336 g/mol. The molecule has 5 heteroatoms. The van der Waals surface area contributed by atoms with Crippen LogP contribution in [0.4, 0.5) is 0 Å². The number of fused-ring (bicyclic) bond motifs is 1. The highest BCUT2D eigenvalue weighted by Gasteiger charge is 2.08. The number of aromatic nitrogens is 1. The Balaban J connectivity index is 1.57. The summed E-state index contributed by atoms with van der Waals surface area (Å²) in [7, 11) is 0. The van der Waals surface area contributed by atoms with Crippen LogP contribution in [0.2, 0.25) is 0 Å². The standard InChI is InChI=1S/C20H20N2O3/c23-13-15-7-5-14(6-8-15)9-10-21-19(24)12-17-11-16-3-1-2-4-18(16)22-20(17)25/h1-8,11,23H,9-10,12-13H2,(H,21,24)(H,22,25). The van der Waals surface area contributed by atoms with E-state index in [4.69, 9.17) is 5.11 Å². The van der Waals surface area contributed by atoms with Crippen molar-refractivity contribution in [2.24, 2.45) is 0 Å². The quantitative estimate of drug-likeness (QED) is 0.643. The van der Waals surface area contributed by atoms with E-state index in [1.807, 2.05) is 48.5 Å². The van der Waals surface area contributed by atoms with E-state index in [0.717, 1.165) is 22.0 Å². The van der Waals surface area contributed by atoms with Gasteiger partial charge in [0, 0.05) is 17.6 Å². The van der Waals surface area contributed by atoms with Crippen molar-refractivity contribution in [2.45, 2.75) is 19.4 Å². The fraction of sp³-hybridized carbons (Fsp3) is 0.200. The molecule has 0 radical (unpaired) electrons. The Bertz CT molecular complexity index is 930. The number of pyridine rings is 1. The Labute approximate surface area is 145 Å². The van der Waals surface area contributed by atoms with Crippen LogP contribution in [0.3, 0.4) is 0 Å². The summed E-state index contributed by atoms with van der Waals surface area (Å²) in [4.78, 5) is 27.0. The van der Waals surface area contributed by atoms with Crippen molar-refractivity contribution in [2.75, 3.05) is 6.54 Å². The largest absolute Gasteiger partial charge is 0.392 e. The van der Waals surface area contributed by atoms with Crippen molar-refractivity contribution in [3.63, 3.8) is 0 Å². The Morgan fingerprint density at radius 2 is 1.76 bits per heavy atom. The number of H-pyrrole nitrogens is 1. The second-order valence-corrected chi connectivity index (χ2v) is 5.96. The molecule has 0 spiro atoms. The number of hydrogen-bond acceptors (Lipinski definition) is 3. The van der Waals surface area contributed by atoms with Gasteiger partial charge in [-0.1, -0.05) is 42.5 Å². The van der Waals surface area contributed by atoms with Gasteiger partial charge < -0.3 is 15.4 Å². The van der Waals surface area contributed by atoms with Crippen LogP contribution in [0, 0.1) is 0 Å². The minimum Gasteiger partial charge on any atom is -0.392 e. The number of aromatic amines is 1. The van der Waals surface area contributed by atoms with Crippen LogP contribution in [-0.4, -0.2) is 22.5 Å². The molecule has 3 rings (SSSR count).